The molecule has 34 heavy (non-hydrogen) atoms. The molecule has 1 N–H and O–H groups in total. The van der Waals surface area contributed by atoms with E-state index in [1.807, 2.05) is 78.9 Å². The summed E-state index contributed by atoms with van der Waals surface area (Å²) in [6.07, 6.45) is 1.42. The normalized spacial score (nSPS) is 11.7. The third-order valence-electron chi connectivity index (χ3n) is 6.20. The highest BCUT2D eigenvalue weighted by atomic mass is 16.2. The van der Waals surface area contributed by atoms with Crippen LogP contribution >= 0.6 is 0 Å². The Morgan fingerprint density at radius 2 is 1.38 bits per heavy atom. The summed E-state index contributed by atoms with van der Waals surface area (Å²) in [5.74, 6) is -0.181. The molecule has 0 aliphatic carbocycles. The highest BCUT2D eigenvalue weighted by Gasteiger charge is 2.29. The monoisotopic (exact) mass is 450 g/mol. The molecule has 0 radical (unpaired) electrons. The first-order valence-corrected chi connectivity index (χ1v) is 11.7. The van der Waals surface area contributed by atoms with Gasteiger partial charge >= 0.3 is 0 Å². The van der Waals surface area contributed by atoms with Gasteiger partial charge in [0.25, 0.3) is 0 Å². The van der Waals surface area contributed by atoms with Crippen LogP contribution in [0.1, 0.15) is 23.1 Å². The second-order valence-electron chi connectivity index (χ2n) is 8.47. The predicted octanol–water partition coefficient (Wildman–Crippen LogP) is 5.16. The molecule has 1 atom stereocenters. The van der Waals surface area contributed by atoms with Gasteiger partial charge in [-0.25, -0.2) is 0 Å². The molecule has 2 amide bonds. The van der Waals surface area contributed by atoms with Crippen LogP contribution in [0.4, 0.5) is 0 Å². The summed E-state index contributed by atoms with van der Waals surface area (Å²) in [7, 11) is 1.63. The molecule has 0 spiro atoms. The summed E-state index contributed by atoms with van der Waals surface area (Å²) >= 11 is 0. The summed E-state index contributed by atoms with van der Waals surface area (Å²) in [4.78, 5) is 28.4. The van der Waals surface area contributed by atoms with Crippen molar-refractivity contribution in [1.82, 2.24) is 10.2 Å². The summed E-state index contributed by atoms with van der Waals surface area (Å²) in [6.45, 7) is 0.389. The fourth-order valence-electron chi connectivity index (χ4n) is 4.40. The first-order chi connectivity index (χ1) is 16.7. The van der Waals surface area contributed by atoms with E-state index in [0.717, 1.165) is 16.7 Å². The number of carbonyl (C=O) groups is 2. The zero-order chi connectivity index (χ0) is 23.8. The molecule has 0 aromatic heterocycles. The number of benzene rings is 4. The highest BCUT2D eigenvalue weighted by molar-refractivity contribution is 5.89. The van der Waals surface area contributed by atoms with E-state index in [0.29, 0.717) is 25.8 Å². The smallest absolute Gasteiger partial charge is 0.242 e. The van der Waals surface area contributed by atoms with Gasteiger partial charge in [0, 0.05) is 26.4 Å². The van der Waals surface area contributed by atoms with Crippen LogP contribution in [-0.2, 0) is 29.0 Å². The van der Waals surface area contributed by atoms with Crippen molar-refractivity contribution in [1.29, 1.82) is 0 Å². The lowest BCUT2D eigenvalue weighted by Crippen LogP contribution is -2.49. The standard InChI is InChI=1S/C30H30N2O2/c1-31-30(34)28(21-23-11-4-2-5-12-23)32(22-24-13-6-3-7-14-24)29(33)20-19-26-17-10-16-25-15-8-9-18-27(25)26/h2-18,28H,19-22H2,1H3,(H,31,34)/t28-/m1/s1. The SMILES string of the molecule is CNC(=O)[C@@H](Cc1ccccc1)N(Cc1ccccc1)C(=O)CCc1cccc2ccccc12. The molecular weight excluding hydrogens is 420 g/mol. The van der Waals surface area contributed by atoms with Gasteiger partial charge in [-0.2, -0.15) is 0 Å². The minimum atomic E-state index is -0.590. The van der Waals surface area contributed by atoms with Crippen molar-refractivity contribution in [2.45, 2.75) is 31.8 Å². The average Bonchev–Trinajstić information content (AvgIpc) is 2.90. The van der Waals surface area contributed by atoms with Crippen LogP contribution in [0.5, 0.6) is 0 Å². The van der Waals surface area contributed by atoms with Crippen LogP contribution in [0.3, 0.4) is 0 Å². The van der Waals surface area contributed by atoms with E-state index in [-0.39, 0.29) is 11.8 Å². The van der Waals surface area contributed by atoms with Crippen molar-refractivity contribution in [3.8, 4) is 0 Å². The van der Waals surface area contributed by atoms with Gasteiger partial charge in [0.05, 0.1) is 0 Å². The third kappa shape index (κ3) is 5.70. The second kappa shape index (κ2) is 11.3. The van der Waals surface area contributed by atoms with Crippen molar-refractivity contribution >= 4 is 22.6 Å². The summed E-state index contributed by atoms with van der Waals surface area (Å²) in [5.41, 5.74) is 3.17. The molecule has 0 aliphatic rings. The number of nitrogens with one attached hydrogen (secondary N) is 1. The zero-order valence-electron chi connectivity index (χ0n) is 19.5. The van der Waals surface area contributed by atoms with Crippen molar-refractivity contribution in [2.75, 3.05) is 7.05 Å². The molecule has 0 fully saturated rings. The van der Waals surface area contributed by atoms with E-state index >= 15 is 0 Å². The van der Waals surface area contributed by atoms with E-state index in [1.54, 1.807) is 11.9 Å². The third-order valence-corrected chi connectivity index (χ3v) is 6.20. The Morgan fingerprint density at radius 1 is 0.765 bits per heavy atom. The van der Waals surface area contributed by atoms with E-state index in [2.05, 4.69) is 29.6 Å². The summed E-state index contributed by atoms with van der Waals surface area (Å²) < 4.78 is 0. The number of fused-ring (bicyclic) bond motifs is 1. The molecule has 4 nitrogen and oxygen atoms in total. The molecule has 0 aliphatic heterocycles. The lowest BCUT2D eigenvalue weighted by atomic mass is 9.99. The number of likely N-dealkylation sites (N-methyl/N-ethyl adjacent to an activating group) is 1. The topological polar surface area (TPSA) is 49.4 Å². The minimum Gasteiger partial charge on any atom is -0.357 e. The lowest BCUT2D eigenvalue weighted by Gasteiger charge is -2.31. The Balaban J connectivity index is 1.60. The maximum atomic E-state index is 13.7. The Morgan fingerprint density at radius 3 is 2.09 bits per heavy atom. The summed E-state index contributed by atoms with van der Waals surface area (Å²) in [5, 5.41) is 5.11. The van der Waals surface area contributed by atoms with Crippen LogP contribution in [0.15, 0.2) is 103 Å². The molecule has 4 aromatic rings. The zero-order valence-corrected chi connectivity index (χ0v) is 19.5. The fraction of sp³-hybridized carbons (Fsp3) is 0.200. The Hall–Kier alpha value is -3.92. The van der Waals surface area contributed by atoms with Gasteiger partial charge in [0.1, 0.15) is 6.04 Å². The van der Waals surface area contributed by atoms with Gasteiger partial charge in [0.15, 0.2) is 0 Å². The second-order valence-corrected chi connectivity index (χ2v) is 8.47. The van der Waals surface area contributed by atoms with Crippen LogP contribution < -0.4 is 5.32 Å². The predicted molar refractivity (Wildman–Crippen MR) is 137 cm³/mol. The fourth-order valence-corrected chi connectivity index (χ4v) is 4.40. The molecule has 0 saturated carbocycles. The number of rotatable bonds is 9. The number of aryl methyl sites for hydroxylation is 1. The van der Waals surface area contributed by atoms with Crippen molar-refractivity contribution < 1.29 is 9.59 Å². The average molecular weight is 451 g/mol. The van der Waals surface area contributed by atoms with Crippen LogP contribution in [0.25, 0.3) is 10.8 Å². The molecule has 4 rings (SSSR count). The van der Waals surface area contributed by atoms with E-state index in [1.165, 1.54) is 10.8 Å². The van der Waals surface area contributed by atoms with Crippen LogP contribution in [-0.4, -0.2) is 29.8 Å². The molecule has 172 valence electrons. The molecule has 4 heteroatoms. The number of nitrogens with zero attached hydrogens (tertiary/aromatic N) is 1. The number of hydrogen-bond acceptors (Lipinski definition) is 2. The molecular formula is C30H30N2O2. The van der Waals surface area contributed by atoms with Crippen LogP contribution in [0.2, 0.25) is 0 Å². The van der Waals surface area contributed by atoms with Gasteiger partial charge in [-0.15, -0.1) is 0 Å². The van der Waals surface area contributed by atoms with Gasteiger partial charge in [0.2, 0.25) is 11.8 Å². The molecule has 0 bridgehead atoms. The van der Waals surface area contributed by atoms with Gasteiger partial charge in [-0.3, -0.25) is 9.59 Å². The van der Waals surface area contributed by atoms with E-state index in [4.69, 9.17) is 0 Å². The maximum Gasteiger partial charge on any atom is 0.242 e. The van der Waals surface area contributed by atoms with Crippen LogP contribution in [0, 0.1) is 0 Å². The first-order valence-electron chi connectivity index (χ1n) is 11.7. The maximum absolute atomic E-state index is 13.7. The minimum absolute atomic E-state index is 0.0266. The Kier molecular flexibility index (Phi) is 7.71. The van der Waals surface area contributed by atoms with Crippen molar-refractivity contribution in [2.24, 2.45) is 0 Å². The van der Waals surface area contributed by atoms with E-state index in [9.17, 15) is 9.59 Å². The Labute approximate surface area is 201 Å². The highest BCUT2D eigenvalue weighted by Crippen LogP contribution is 2.21. The van der Waals surface area contributed by atoms with Crippen molar-refractivity contribution in [3.63, 3.8) is 0 Å². The summed E-state index contributed by atoms with van der Waals surface area (Å²) in [6, 6.07) is 33.6. The molecule has 0 unspecified atom stereocenters. The quantitative estimate of drug-likeness (QED) is 0.383. The lowest BCUT2D eigenvalue weighted by molar-refractivity contribution is -0.141. The number of amides is 2. The largest absolute Gasteiger partial charge is 0.357 e. The van der Waals surface area contributed by atoms with Gasteiger partial charge in [-0.1, -0.05) is 103 Å². The molecule has 4 aromatic carbocycles. The Bertz CT molecular complexity index is 1230. The van der Waals surface area contributed by atoms with Crippen molar-refractivity contribution in [3.05, 3.63) is 120 Å². The number of carbonyl (C=O) groups excluding carboxylic acids is 2. The molecule has 0 saturated heterocycles. The van der Waals surface area contributed by atoms with Gasteiger partial charge < -0.3 is 10.2 Å². The first kappa shape index (κ1) is 23.2. The van der Waals surface area contributed by atoms with E-state index < -0.39 is 6.04 Å². The molecule has 0 heterocycles. The number of hydrogen-bond donors (Lipinski definition) is 1. The van der Waals surface area contributed by atoms with Gasteiger partial charge in [-0.05, 0) is 33.9 Å².